The summed E-state index contributed by atoms with van der Waals surface area (Å²) in [7, 11) is 1.94. The van der Waals surface area contributed by atoms with Crippen molar-refractivity contribution in [2.45, 2.75) is 19.1 Å². The van der Waals surface area contributed by atoms with Crippen LogP contribution in [-0.2, 0) is 19.3 Å². The molecule has 3 nitrogen and oxygen atoms in total. The van der Waals surface area contributed by atoms with E-state index >= 15 is 0 Å². The zero-order valence-corrected chi connectivity index (χ0v) is 14.0. The van der Waals surface area contributed by atoms with E-state index in [-0.39, 0.29) is 0 Å². The van der Waals surface area contributed by atoms with Crippen LogP contribution in [0.2, 0.25) is 0 Å². The molecular formula is C21H22NO2+. The molecule has 1 aromatic heterocycles. The van der Waals surface area contributed by atoms with Crippen molar-refractivity contribution in [3.8, 4) is 5.75 Å². The SMILES string of the molecule is C[n+]1cccc([C@](C)(O)c2cccc(OCc3ccccc3)c2)c1. The molecule has 0 unspecified atom stereocenters. The molecule has 3 heteroatoms. The first-order valence-electron chi connectivity index (χ1n) is 8.01. The summed E-state index contributed by atoms with van der Waals surface area (Å²) < 4.78 is 7.80. The van der Waals surface area contributed by atoms with E-state index in [9.17, 15) is 5.11 Å². The predicted octanol–water partition coefficient (Wildman–Crippen LogP) is 3.35. The Morgan fingerprint density at radius 2 is 1.71 bits per heavy atom. The fourth-order valence-corrected chi connectivity index (χ4v) is 2.67. The van der Waals surface area contributed by atoms with Gasteiger partial charge in [0.2, 0.25) is 0 Å². The van der Waals surface area contributed by atoms with Gasteiger partial charge in [-0.2, -0.15) is 0 Å². The number of aliphatic hydroxyl groups is 1. The monoisotopic (exact) mass is 320 g/mol. The first-order valence-corrected chi connectivity index (χ1v) is 8.01. The Morgan fingerprint density at radius 3 is 2.46 bits per heavy atom. The Balaban J connectivity index is 1.81. The van der Waals surface area contributed by atoms with Gasteiger partial charge >= 0.3 is 0 Å². The molecule has 0 aliphatic carbocycles. The molecule has 3 aromatic rings. The molecule has 0 saturated carbocycles. The third kappa shape index (κ3) is 3.63. The van der Waals surface area contributed by atoms with Crippen molar-refractivity contribution >= 4 is 0 Å². The summed E-state index contributed by atoms with van der Waals surface area (Å²) in [5.41, 5.74) is 1.68. The van der Waals surface area contributed by atoms with Crippen molar-refractivity contribution in [2.75, 3.05) is 0 Å². The summed E-state index contributed by atoms with van der Waals surface area (Å²) in [4.78, 5) is 0. The van der Waals surface area contributed by atoms with Crippen LogP contribution in [0.5, 0.6) is 5.75 Å². The maximum absolute atomic E-state index is 11.0. The lowest BCUT2D eigenvalue weighted by Crippen LogP contribution is -2.32. The molecule has 2 aromatic carbocycles. The van der Waals surface area contributed by atoms with E-state index in [1.54, 1.807) is 6.92 Å². The number of aromatic nitrogens is 1. The van der Waals surface area contributed by atoms with Gasteiger partial charge in [-0.3, -0.25) is 0 Å². The topological polar surface area (TPSA) is 33.3 Å². The molecule has 0 fully saturated rings. The number of benzene rings is 2. The Kier molecular flexibility index (Phi) is 4.63. The van der Waals surface area contributed by atoms with Crippen LogP contribution in [0, 0.1) is 0 Å². The van der Waals surface area contributed by atoms with Crippen molar-refractivity contribution in [3.63, 3.8) is 0 Å². The van der Waals surface area contributed by atoms with Crippen LogP contribution in [0.1, 0.15) is 23.6 Å². The molecule has 0 bridgehead atoms. The number of hydrogen-bond donors (Lipinski definition) is 1. The highest BCUT2D eigenvalue weighted by atomic mass is 16.5. The third-order valence-corrected chi connectivity index (χ3v) is 4.15. The van der Waals surface area contributed by atoms with Gasteiger partial charge in [-0.1, -0.05) is 42.5 Å². The second kappa shape index (κ2) is 6.85. The minimum absolute atomic E-state index is 0.507. The fourth-order valence-electron chi connectivity index (χ4n) is 2.67. The molecule has 0 aliphatic heterocycles. The molecule has 0 saturated heterocycles. The van der Waals surface area contributed by atoms with Crippen LogP contribution in [0.25, 0.3) is 0 Å². The predicted molar refractivity (Wildman–Crippen MR) is 93.5 cm³/mol. The van der Waals surface area contributed by atoms with Gasteiger partial charge in [0.1, 0.15) is 25.0 Å². The second-order valence-corrected chi connectivity index (χ2v) is 6.13. The van der Waals surface area contributed by atoms with Gasteiger partial charge in [0, 0.05) is 6.07 Å². The van der Waals surface area contributed by atoms with Crippen molar-refractivity contribution < 1.29 is 14.4 Å². The van der Waals surface area contributed by atoms with Crippen molar-refractivity contribution in [1.29, 1.82) is 0 Å². The molecule has 1 N–H and O–H groups in total. The van der Waals surface area contributed by atoms with Crippen LogP contribution < -0.4 is 9.30 Å². The second-order valence-electron chi connectivity index (χ2n) is 6.13. The van der Waals surface area contributed by atoms with Crippen LogP contribution >= 0.6 is 0 Å². The first-order chi connectivity index (χ1) is 11.6. The largest absolute Gasteiger partial charge is 0.489 e. The highest BCUT2D eigenvalue weighted by molar-refractivity contribution is 5.38. The van der Waals surface area contributed by atoms with Crippen molar-refractivity contribution in [2.24, 2.45) is 7.05 Å². The fraction of sp³-hybridized carbons (Fsp3) is 0.190. The van der Waals surface area contributed by atoms with E-state index < -0.39 is 5.60 Å². The van der Waals surface area contributed by atoms with Gasteiger partial charge in [-0.25, -0.2) is 4.57 Å². The Morgan fingerprint density at radius 1 is 0.958 bits per heavy atom. The molecule has 3 rings (SSSR count). The molecule has 0 radical (unpaired) electrons. The third-order valence-electron chi connectivity index (χ3n) is 4.15. The molecule has 122 valence electrons. The van der Waals surface area contributed by atoms with Gasteiger partial charge in [0.15, 0.2) is 12.4 Å². The summed E-state index contributed by atoms with van der Waals surface area (Å²) >= 11 is 0. The Bertz CT molecular complexity index is 813. The van der Waals surface area contributed by atoms with E-state index in [2.05, 4.69) is 0 Å². The highest BCUT2D eigenvalue weighted by Crippen LogP contribution is 2.30. The number of nitrogens with zero attached hydrogens (tertiary/aromatic N) is 1. The minimum Gasteiger partial charge on any atom is -0.489 e. The van der Waals surface area contributed by atoms with Crippen molar-refractivity contribution in [3.05, 3.63) is 95.8 Å². The molecule has 0 aliphatic rings. The molecule has 1 heterocycles. The van der Waals surface area contributed by atoms with Gasteiger partial charge in [-0.05, 0) is 36.2 Å². The Hall–Kier alpha value is -2.65. The number of aryl methyl sites for hydroxylation is 1. The van der Waals surface area contributed by atoms with E-state index in [4.69, 9.17) is 4.74 Å². The van der Waals surface area contributed by atoms with Crippen LogP contribution in [0.3, 0.4) is 0 Å². The summed E-state index contributed by atoms with van der Waals surface area (Å²) in [6.45, 7) is 2.31. The maximum Gasteiger partial charge on any atom is 0.174 e. The smallest absolute Gasteiger partial charge is 0.174 e. The molecular weight excluding hydrogens is 298 g/mol. The molecule has 1 atom stereocenters. The molecule has 0 spiro atoms. The first kappa shape index (κ1) is 16.2. The van der Waals surface area contributed by atoms with Crippen LogP contribution in [-0.4, -0.2) is 5.11 Å². The number of pyridine rings is 1. The average Bonchev–Trinajstić information content (AvgIpc) is 2.61. The summed E-state index contributed by atoms with van der Waals surface area (Å²) in [6.07, 6.45) is 3.87. The number of hydrogen-bond acceptors (Lipinski definition) is 2. The summed E-state index contributed by atoms with van der Waals surface area (Å²) in [5.74, 6) is 0.747. The molecule has 0 amide bonds. The van der Waals surface area contributed by atoms with Gasteiger partial charge < -0.3 is 9.84 Å². The van der Waals surface area contributed by atoms with E-state index in [0.717, 1.165) is 22.4 Å². The molecule has 24 heavy (non-hydrogen) atoms. The minimum atomic E-state index is -1.08. The summed E-state index contributed by atoms with van der Waals surface area (Å²) in [6, 6.07) is 21.5. The van der Waals surface area contributed by atoms with Crippen LogP contribution in [0.15, 0.2) is 79.1 Å². The van der Waals surface area contributed by atoms with E-state index in [0.29, 0.717) is 6.61 Å². The van der Waals surface area contributed by atoms with E-state index in [1.807, 2.05) is 90.7 Å². The quantitative estimate of drug-likeness (QED) is 0.732. The lowest BCUT2D eigenvalue weighted by molar-refractivity contribution is -0.672. The standard InChI is InChI=1S/C21H22NO2/c1-21(23,19-11-7-13-22(2)15-19)18-10-6-12-20(14-18)24-16-17-8-4-3-5-9-17/h3-15,23H,16H2,1-2H3/q+1/t21-/m1/s1. The van der Waals surface area contributed by atoms with Crippen molar-refractivity contribution in [1.82, 2.24) is 0 Å². The Labute approximate surface area is 142 Å². The van der Waals surface area contributed by atoms with Gasteiger partial charge in [-0.15, -0.1) is 0 Å². The van der Waals surface area contributed by atoms with Gasteiger partial charge in [0.05, 0.1) is 5.56 Å². The maximum atomic E-state index is 11.0. The summed E-state index contributed by atoms with van der Waals surface area (Å²) in [5, 5.41) is 11.0. The van der Waals surface area contributed by atoms with Gasteiger partial charge in [0.25, 0.3) is 0 Å². The highest BCUT2D eigenvalue weighted by Gasteiger charge is 2.28. The normalized spacial score (nSPS) is 13.3. The number of ether oxygens (including phenoxy) is 1. The zero-order valence-electron chi connectivity index (χ0n) is 14.0. The van der Waals surface area contributed by atoms with E-state index in [1.165, 1.54) is 0 Å². The lowest BCUT2D eigenvalue weighted by atomic mass is 9.89. The lowest BCUT2D eigenvalue weighted by Gasteiger charge is -2.23. The zero-order chi connectivity index (χ0) is 17.0. The van der Waals surface area contributed by atoms with Crippen LogP contribution in [0.4, 0.5) is 0 Å². The number of rotatable bonds is 5. The average molecular weight is 320 g/mol.